The van der Waals surface area contributed by atoms with Crippen LogP contribution in [-0.2, 0) is 6.42 Å². The fourth-order valence-electron chi connectivity index (χ4n) is 3.54. The standard InChI is InChI=1S/C19H34N4O/c1-4-20-19(21-13-8-7-11-17-9-5-6-10-17)22-14-12-18-15(2)23-24-16(18)3/h17H,4-14H2,1-3H3,(H2,20,21,22). The van der Waals surface area contributed by atoms with Crippen molar-refractivity contribution in [2.45, 2.75) is 72.1 Å². The van der Waals surface area contributed by atoms with Gasteiger partial charge in [-0.3, -0.25) is 4.99 Å². The van der Waals surface area contributed by atoms with Gasteiger partial charge in [0.2, 0.25) is 0 Å². The first-order valence-corrected chi connectivity index (χ1v) is 9.64. The minimum Gasteiger partial charge on any atom is -0.361 e. The third kappa shape index (κ3) is 6.17. The Hall–Kier alpha value is -1.52. The molecule has 0 radical (unpaired) electrons. The summed E-state index contributed by atoms with van der Waals surface area (Å²) >= 11 is 0. The lowest BCUT2D eigenvalue weighted by molar-refractivity contribution is 0.392. The topological polar surface area (TPSA) is 62.5 Å². The average Bonchev–Trinajstić information content (AvgIpc) is 3.19. The number of aliphatic imine (C=N–C) groups is 1. The van der Waals surface area contributed by atoms with Crippen LogP contribution >= 0.6 is 0 Å². The zero-order chi connectivity index (χ0) is 17.2. The minimum absolute atomic E-state index is 0.844. The van der Waals surface area contributed by atoms with Crippen molar-refractivity contribution in [1.82, 2.24) is 15.8 Å². The van der Waals surface area contributed by atoms with E-state index in [0.717, 1.165) is 49.4 Å². The maximum Gasteiger partial charge on any atom is 0.191 e. The van der Waals surface area contributed by atoms with E-state index >= 15 is 0 Å². The molecular weight excluding hydrogens is 300 g/mol. The van der Waals surface area contributed by atoms with Gasteiger partial charge in [0, 0.05) is 25.2 Å². The van der Waals surface area contributed by atoms with Crippen molar-refractivity contribution in [3.63, 3.8) is 0 Å². The molecule has 1 aromatic heterocycles. The summed E-state index contributed by atoms with van der Waals surface area (Å²) in [7, 11) is 0. The Morgan fingerprint density at radius 1 is 1.21 bits per heavy atom. The Morgan fingerprint density at radius 3 is 2.67 bits per heavy atom. The molecule has 0 bridgehead atoms. The van der Waals surface area contributed by atoms with E-state index < -0.39 is 0 Å². The van der Waals surface area contributed by atoms with Crippen LogP contribution in [0.5, 0.6) is 0 Å². The lowest BCUT2D eigenvalue weighted by atomic mass is 10.0. The molecule has 0 unspecified atom stereocenters. The summed E-state index contributed by atoms with van der Waals surface area (Å²) < 4.78 is 5.21. The zero-order valence-electron chi connectivity index (χ0n) is 15.7. The first-order valence-electron chi connectivity index (χ1n) is 9.64. The summed E-state index contributed by atoms with van der Waals surface area (Å²) in [6.45, 7) is 8.71. The van der Waals surface area contributed by atoms with Gasteiger partial charge in [-0.05, 0) is 39.5 Å². The fourth-order valence-corrected chi connectivity index (χ4v) is 3.54. The molecule has 5 nitrogen and oxygen atoms in total. The smallest absolute Gasteiger partial charge is 0.191 e. The quantitative estimate of drug-likeness (QED) is 0.410. The van der Waals surface area contributed by atoms with Crippen molar-refractivity contribution in [3.8, 4) is 0 Å². The molecule has 1 aliphatic carbocycles. The van der Waals surface area contributed by atoms with E-state index in [1.54, 1.807) is 0 Å². The van der Waals surface area contributed by atoms with Crippen LogP contribution in [0.4, 0.5) is 0 Å². The number of nitrogens with one attached hydrogen (secondary N) is 2. The molecule has 1 aromatic rings. The SMILES string of the molecule is CCNC(=NCCCCC1CCCC1)NCCc1c(C)noc1C. The van der Waals surface area contributed by atoms with Crippen molar-refractivity contribution < 1.29 is 4.52 Å². The number of hydrogen-bond donors (Lipinski definition) is 2. The maximum atomic E-state index is 5.21. The van der Waals surface area contributed by atoms with Gasteiger partial charge in [0.15, 0.2) is 5.96 Å². The molecule has 0 aliphatic heterocycles. The van der Waals surface area contributed by atoms with E-state index in [9.17, 15) is 0 Å². The Bertz CT molecular complexity index is 484. The molecule has 1 heterocycles. The van der Waals surface area contributed by atoms with E-state index in [1.165, 1.54) is 50.5 Å². The highest BCUT2D eigenvalue weighted by Crippen LogP contribution is 2.28. The number of nitrogens with zero attached hydrogens (tertiary/aromatic N) is 2. The molecular formula is C19H34N4O. The molecule has 1 aliphatic rings. The summed E-state index contributed by atoms with van der Waals surface area (Å²) in [5.41, 5.74) is 2.19. The molecule has 2 rings (SSSR count). The minimum atomic E-state index is 0.844. The van der Waals surface area contributed by atoms with Gasteiger partial charge in [0.25, 0.3) is 0 Å². The number of unbranched alkanes of at least 4 members (excludes halogenated alkanes) is 1. The Morgan fingerprint density at radius 2 is 2.00 bits per heavy atom. The molecule has 0 amide bonds. The third-order valence-corrected chi connectivity index (χ3v) is 4.96. The van der Waals surface area contributed by atoms with E-state index in [2.05, 4.69) is 22.7 Å². The highest BCUT2D eigenvalue weighted by molar-refractivity contribution is 5.79. The van der Waals surface area contributed by atoms with Crippen LogP contribution < -0.4 is 10.6 Å². The third-order valence-electron chi connectivity index (χ3n) is 4.96. The second-order valence-corrected chi connectivity index (χ2v) is 6.89. The molecule has 5 heteroatoms. The number of guanidine groups is 1. The van der Waals surface area contributed by atoms with Gasteiger partial charge in [-0.2, -0.15) is 0 Å². The average molecular weight is 335 g/mol. The van der Waals surface area contributed by atoms with Crippen molar-refractivity contribution in [1.29, 1.82) is 0 Å². The van der Waals surface area contributed by atoms with Gasteiger partial charge in [0.05, 0.1) is 5.69 Å². The monoisotopic (exact) mass is 334 g/mol. The molecule has 1 fully saturated rings. The molecule has 0 spiro atoms. The maximum absolute atomic E-state index is 5.21. The molecule has 0 saturated heterocycles. The first kappa shape index (κ1) is 18.8. The van der Waals surface area contributed by atoms with Gasteiger partial charge >= 0.3 is 0 Å². The van der Waals surface area contributed by atoms with E-state index in [1.807, 2.05) is 13.8 Å². The second-order valence-electron chi connectivity index (χ2n) is 6.89. The number of rotatable bonds is 9. The summed E-state index contributed by atoms with van der Waals surface area (Å²) in [5.74, 6) is 2.84. The highest BCUT2D eigenvalue weighted by Gasteiger charge is 2.13. The van der Waals surface area contributed by atoms with Crippen LogP contribution in [0, 0.1) is 19.8 Å². The molecule has 2 N–H and O–H groups in total. The number of aromatic nitrogens is 1. The van der Waals surface area contributed by atoms with Crippen LogP contribution in [0.1, 0.15) is 68.9 Å². The normalized spacial score (nSPS) is 15.9. The molecule has 24 heavy (non-hydrogen) atoms. The Labute approximate surface area is 146 Å². The number of aryl methyl sites for hydroxylation is 2. The highest BCUT2D eigenvalue weighted by atomic mass is 16.5. The predicted molar refractivity (Wildman–Crippen MR) is 99.5 cm³/mol. The molecule has 136 valence electrons. The summed E-state index contributed by atoms with van der Waals surface area (Å²) in [5, 5.41) is 10.7. The lowest BCUT2D eigenvalue weighted by Gasteiger charge is -2.11. The van der Waals surface area contributed by atoms with Crippen molar-refractivity contribution in [2.75, 3.05) is 19.6 Å². The van der Waals surface area contributed by atoms with Gasteiger partial charge in [-0.15, -0.1) is 0 Å². The van der Waals surface area contributed by atoms with E-state index in [0.29, 0.717) is 0 Å². The van der Waals surface area contributed by atoms with Crippen molar-refractivity contribution >= 4 is 5.96 Å². The van der Waals surface area contributed by atoms with Crippen LogP contribution in [0.2, 0.25) is 0 Å². The van der Waals surface area contributed by atoms with E-state index in [4.69, 9.17) is 9.52 Å². The molecule has 0 aromatic carbocycles. The zero-order valence-corrected chi connectivity index (χ0v) is 15.7. The second kappa shape index (κ2) is 10.4. The largest absolute Gasteiger partial charge is 0.361 e. The van der Waals surface area contributed by atoms with Gasteiger partial charge in [-0.25, -0.2) is 0 Å². The van der Waals surface area contributed by atoms with E-state index in [-0.39, 0.29) is 0 Å². The Balaban J connectivity index is 1.66. The van der Waals surface area contributed by atoms with Gasteiger partial charge in [-0.1, -0.05) is 43.7 Å². The van der Waals surface area contributed by atoms with Crippen molar-refractivity contribution in [3.05, 3.63) is 17.0 Å². The van der Waals surface area contributed by atoms with Crippen LogP contribution in [-0.4, -0.2) is 30.8 Å². The van der Waals surface area contributed by atoms with Crippen molar-refractivity contribution in [2.24, 2.45) is 10.9 Å². The predicted octanol–water partition coefficient (Wildman–Crippen LogP) is 3.75. The summed E-state index contributed by atoms with van der Waals surface area (Å²) in [6.07, 6.45) is 10.6. The summed E-state index contributed by atoms with van der Waals surface area (Å²) in [4.78, 5) is 4.70. The Kier molecular flexibility index (Phi) is 8.13. The van der Waals surface area contributed by atoms with Crippen LogP contribution in [0.25, 0.3) is 0 Å². The van der Waals surface area contributed by atoms with Crippen LogP contribution in [0.3, 0.4) is 0 Å². The summed E-state index contributed by atoms with van der Waals surface area (Å²) in [6, 6.07) is 0. The van der Waals surface area contributed by atoms with Gasteiger partial charge in [0.1, 0.15) is 5.76 Å². The fraction of sp³-hybridized carbons (Fsp3) is 0.789. The molecule has 0 atom stereocenters. The molecule has 1 saturated carbocycles. The van der Waals surface area contributed by atoms with Crippen LogP contribution in [0.15, 0.2) is 9.52 Å². The van der Waals surface area contributed by atoms with Gasteiger partial charge < -0.3 is 15.2 Å². The number of hydrogen-bond acceptors (Lipinski definition) is 3. The lowest BCUT2D eigenvalue weighted by Crippen LogP contribution is -2.38. The first-order chi connectivity index (χ1) is 11.7.